The molecule has 0 saturated heterocycles. The molecule has 25 heavy (non-hydrogen) atoms. The third-order valence-electron chi connectivity index (χ3n) is 3.07. The van der Waals surface area contributed by atoms with Crippen LogP contribution in [0.4, 0.5) is 11.4 Å². The van der Waals surface area contributed by atoms with E-state index in [1.54, 1.807) is 25.1 Å². The molecule has 2 rings (SSSR count). The number of nitrogens with zero attached hydrogens (tertiary/aromatic N) is 1. The first-order chi connectivity index (χ1) is 12.0. The Balaban J connectivity index is 2.03. The van der Waals surface area contributed by atoms with Gasteiger partial charge in [0.1, 0.15) is 0 Å². The van der Waals surface area contributed by atoms with Crippen molar-refractivity contribution in [3.63, 3.8) is 0 Å². The Morgan fingerprint density at radius 3 is 2.68 bits per heavy atom. The minimum atomic E-state index is -0.552. The number of anilines is 1. The summed E-state index contributed by atoms with van der Waals surface area (Å²) in [5.41, 5.74) is 0.579. The van der Waals surface area contributed by atoms with Gasteiger partial charge < -0.3 is 10.1 Å². The van der Waals surface area contributed by atoms with Gasteiger partial charge in [-0.05, 0) is 31.2 Å². The molecule has 1 amide bonds. The van der Waals surface area contributed by atoms with Crippen molar-refractivity contribution >= 4 is 35.0 Å². The zero-order chi connectivity index (χ0) is 18.2. The predicted molar refractivity (Wildman–Crippen MR) is 94.8 cm³/mol. The Kier molecular flexibility index (Phi) is 6.53. The van der Waals surface area contributed by atoms with Crippen molar-refractivity contribution in [1.82, 2.24) is 0 Å². The Hall–Kier alpha value is -2.87. The van der Waals surface area contributed by atoms with E-state index in [0.717, 1.165) is 4.90 Å². The number of non-ortho nitro benzene ring substituents is 1. The number of amides is 1. The lowest BCUT2D eigenvalue weighted by Crippen LogP contribution is -2.12. The molecule has 0 atom stereocenters. The van der Waals surface area contributed by atoms with E-state index in [0.29, 0.717) is 12.3 Å². The van der Waals surface area contributed by atoms with Crippen LogP contribution < -0.4 is 5.32 Å². The molecule has 0 aliphatic rings. The van der Waals surface area contributed by atoms with E-state index < -0.39 is 10.8 Å². The van der Waals surface area contributed by atoms with Crippen LogP contribution in [0.2, 0.25) is 0 Å². The van der Waals surface area contributed by atoms with E-state index in [2.05, 4.69) is 5.32 Å². The molecule has 0 radical (unpaired) electrons. The van der Waals surface area contributed by atoms with Gasteiger partial charge in [-0.2, -0.15) is 0 Å². The predicted octanol–water partition coefficient (Wildman–Crippen LogP) is 3.50. The molecule has 0 heterocycles. The molecule has 1 N–H and O–H groups in total. The topological polar surface area (TPSA) is 98.5 Å². The van der Waals surface area contributed by atoms with Crippen LogP contribution in [0.3, 0.4) is 0 Å². The lowest BCUT2D eigenvalue weighted by Gasteiger charge is -2.07. The van der Waals surface area contributed by atoms with E-state index >= 15 is 0 Å². The molecule has 0 saturated carbocycles. The molecule has 2 aromatic rings. The maximum absolute atomic E-state index is 12.2. The lowest BCUT2D eigenvalue weighted by molar-refractivity contribution is -0.384. The summed E-state index contributed by atoms with van der Waals surface area (Å²) in [5.74, 6) is -0.578. The normalized spacial score (nSPS) is 10.1. The number of hydrogen-bond donors (Lipinski definition) is 1. The summed E-state index contributed by atoms with van der Waals surface area (Å²) < 4.78 is 4.86. The van der Waals surface area contributed by atoms with Gasteiger partial charge in [-0.3, -0.25) is 19.7 Å². The fourth-order valence-corrected chi connectivity index (χ4v) is 2.73. The molecule has 0 aliphatic carbocycles. The molecule has 0 aliphatic heterocycles. The number of esters is 1. The van der Waals surface area contributed by atoms with Crippen LogP contribution >= 0.6 is 11.8 Å². The van der Waals surface area contributed by atoms with E-state index in [9.17, 15) is 19.7 Å². The van der Waals surface area contributed by atoms with Gasteiger partial charge >= 0.3 is 5.97 Å². The van der Waals surface area contributed by atoms with E-state index in [4.69, 9.17) is 4.74 Å². The molecule has 0 bridgehead atoms. The number of nitro groups is 1. The number of carbonyl (C=O) groups is 2. The molecule has 8 heteroatoms. The van der Waals surface area contributed by atoms with E-state index in [1.165, 1.54) is 36.0 Å². The lowest BCUT2D eigenvalue weighted by atomic mass is 10.2. The first kappa shape index (κ1) is 18.5. The SMILES string of the molecule is CCOC(=O)CSc1cccc(NC(=O)c2cccc([N+](=O)[O-])c2)c1. The number of nitro benzene ring substituents is 1. The number of hydrogen-bond acceptors (Lipinski definition) is 6. The second-order valence-electron chi connectivity index (χ2n) is 4.88. The highest BCUT2D eigenvalue weighted by atomic mass is 32.2. The van der Waals surface area contributed by atoms with Crippen LogP contribution in [0, 0.1) is 10.1 Å². The molecule has 0 fully saturated rings. The zero-order valence-corrected chi connectivity index (χ0v) is 14.2. The van der Waals surface area contributed by atoms with Crippen molar-refractivity contribution in [2.45, 2.75) is 11.8 Å². The van der Waals surface area contributed by atoms with E-state index in [1.807, 2.05) is 6.07 Å². The van der Waals surface area contributed by atoms with Crippen LogP contribution in [-0.2, 0) is 9.53 Å². The number of benzene rings is 2. The summed E-state index contributed by atoms with van der Waals surface area (Å²) in [6.45, 7) is 2.07. The molecule has 7 nitrogen and oxygen atoms in total. The fraction of sp³-hybridized carbons (Fsp3) is 0.176. The summed E-state index contributed by atoms with van der Waals surface area (Å²) in [6, 6.07) is 12.5. The van der Waals surface area contributed by atoms with Gasteiger partial charge in [0.25, 0.3) is 11.6 Å². The van der Waals surface area contributed by atoms with Gasteiger partial charge in [0, 0.05) is 28.3 Å². The molecule has 0 aromatic heterocycles. The molecule has 0 spiro atoms. The summed E-state index contributed by atoms with van der Waals surface area (Å²) in [5, 5.41) is 13.5. The molecule has 0 unspecified atom stereocenters. The van der Waals surface area contributed by atoms with Crippen molar-refractivity contribution in [2.75, 3.05) is 17.7 Å². The van der Waals surface area contributed by atoms with Crippen molar-refractivity contribution < 1.29 is 19.2 Å². The van der Waals surface area contributed by atoms with Gasteiger partial charge in [0.05, 0.1) is 17.3 Å². The third kappa shape index (κ3) is 5.61. The zero-order valence-electron chi connectivity index (χ0n) is 13.4. The molecule has 130 valence electrons. The Morgan fingerprint density at radius 1 is 1.20 bits per heavy atom. The maximum atomic E-state index is 12.2. The van der Waals surface area contributed by atoms with Crippen LogP contribution in [0.5, 0.6) is 0 Å². The third-order valence-corrected chi connectivity index (χ3v) is 4.04. The number of ether oxygens (including phenoxy) is 1. The van der Waals surface area contributed by atoms with Crippen molar-refractivity contribution in [1.29, 1.82) is 0 Å². The second kappa shape index (κ2) is 8.84. The number of thioether (sulfide) groups is 1. The summed E-state index contributed by atoms with van der Waals surface area (Å²) >= 11 is 1.30. The molecular weight excluding hydrogens is 344 g/mol. The summed E-state index contributed by atoms with van der Waals surface area (Å²) in [4.78, 5) is 34.6. The average Bonchev–Trinajstić information content (AvgIpc) is 2.60. The van der Waals surface area contributed by atoms with Gasteiger partial charge in [-0.1, -0.05) is 12.1 Å². The highest BCUT2D eigenvalue weighted by Crippen LogP contribution is 2.22. The molecular formula is C17H16N2O5S. The first-order valence-corrected chi connectivity index (χ1v) is 8.42. The fourth-order valence-electron chi connectivity index (χ4n) is 1.97. The maximum Gasteiger partial charge on any atom is 0.316 e. The Morgan fingerprint density at radius 2 is 1.96 bits per heavy atom. The highest BCUT2D eigenvalue weighted by molar-refractivity contribution is 8.00. The smallest absolute Gasteiger partial charge is 0.316 e. The van der Waals surface area contributed by atoms with Crippen LogP contribution in [0.25, 0.3) is 0 Å². The highest BCUT2D eigenvalue weighted by Gasteiger charge is 2.12. The second-order valence-corrected chi connectivity index (χ2v) is 5.93. The minimum absolute atomic E-state index is 0.147. The van der Waals surface area contributed by atoms with Crippen molar-refractivity contribution in [3.05, 3.63) is 64.2 Å². The van der Waals surface area contributed by atoms with Gasteiger partial charge in [-0.15, -0.1) is 11.8 Å². The Bertz CT molecular complexity index is 794. The van der Waals surface area contributed by atoms with Crippen molar-refractivity contribution in [2.24, 2.45) is 0 Å². The monoisotopic (exact) mass is 360 g/mol. The quantitative estimate of drug-likeness (QED) is 0.351. The molecule has 2 aromatic carbocycles. The Labute approximate surface area is 148 Å². The van der Waals surface area contributed by atoms with Crippen molar-refractivity contribution in [3.8, 4) is 0 Å². The summed E-state index contributed by atoms with van der Waals surface area (Å²) in [7, 11) is 0. The average molecular weight is 360 g/mol. The first-order valence-electron chi connectivity index (χ1n) is 7.44. The van der Waals surface area contributed by atoms with Crippen LogP contribution in [-0.4, -0.2) is 29.2 Å². The van der Waals surface area contributed by atoms with Gasteiger partial charge in [0.15, 0.2) is 0 Å². The van der Waals surface area contributed by atoms with Crippen LogP contribution in [0.15, 0.2) is 53.4 Å². The minimum Gasteiger partial charge on any atom is -0.465 e. The van der Waals surface area contributed by atoms with E-state index in [-0.39, 0.29) is 23.0 Å². The van der Waals surface area contributed by atoms with Crippen LogP contribution in [0.1, 0.15) is 17.3 Å². The summed E-state index contributed by atoms with van der Waals surface area (Å²) in [6.07, 6.45) is 0. The number of rotatable bonds is 7. The standard InChI is InChI=1S/C17H16N2O5S/c1-2-24-16(20)11-25-15-8-4-6-13(10-15)18-17(21)12-5-3-7-14(9-12)19(22)23/h3-10H,2,11H2,1H3,(H,18,21). The van der Waals surface area contributed by atoms with Gasteiger partial charge in [0.2, 0.25) is 0 Å². The largest absolute Gasteiger partial charge is 0.465 e. The number of carbonyl (C=O) groups excluding carboxylic acids is 2. The number of nitrogens with one attached hydrogen (secondary N) is 1. The van der Waals surface area contributed by atoms with Gasteiger partial charge in [-0.25, -0.2) is 0 Å².